The van der Waals surface area contributed by atoms with Crippen molar-refractivity contribution in [3.05, 3.63) is 11.3 Å². The van der Waals surface area contributed by atoms with Gasteiger partial charge in [0.15, 0.2) is 0 Å². The molecule has 0 aromatic carbocycles. The maximum absolute atomic E-state index is 11.3. The fourth-order valence-corrected chi connectivity index (χ4v) is 1.97. The Hall–Kier alpha value is -1.10. The molecule has 0 spiro atoms. The normalized spacial score (nSPS) is 15.8. The van der Waals surface area contributed by atoms with E-state index in [9.17, 15) is 4.79 Å². The molecule has 2 rings (SSSR count). The van der Waals surface area contributed by atoms with E-state index in [0.29, 0.717) is 16.5 Å². The van der Waals surface area contributed by atoms with E-state index in [2.05, 4.69) is 9.11 Å². The molecule has 1 aliphatic carbocycles. The Morgan fingerprint density at radius 3 is 2.92 bits per heavy atom. The Morgan fingerprint density at radius 2 is 2.38 bits per heavy atom. The molecule has 4 nitrogen and oxygen atoms in total. The number of nitrogen functional groups attached to an aromatic ring is 1. The fraction of sp³-hybridized carbons (Fsp3) is 0.500. The Kier molecular flexibility index (Phi) is 1.95. The first-order valence-corrected chi connectivity index (χ1v) is 4.84. The summed E-state index contributed by atoms with van der Waals surface area (Å²) in [5.74, 6) is 0.0656. The Morgan fingerprint density at radius 1 is 1.69 bits per heavy atom. The molecule has 5 heteroatoms. The maximum Gasteiger partial charge on any atom is 0.342 e. The number of rotatable bonds is 2. The lowest BCUT2D eigenvalue weighted by Crippen LogP contribution is -2.05. The summed E-state index contributed by atoms with van der Waals surface area (Å²) >= 11 is 1.17. The van der Waals surface area contributed by atoms with Crippen molar-refractivity contribution in [2.75, 3.05) is 12.8 Å². The molecule has 2 N–H and O–H groups in total. The quantitative estimate of drug-likeness (QED) is 0.729. The van der Waals surface area contributed by atoms with Crippen LogP contribution in [0.2, 0.25) is 0 Å². The molecule has 0 saturated heterocycles. The fourth-order valence-electron chi connectivity index (χ4n) is 1.26. The number of hydrogen-bond donors (Lipinski definition) is 1. The molecule has 1 saturated carbocycles. The van der Waals surface area contributed by atoms with Crippen LogP contribution in [0.4, 0.5) is 5.00 Å². The summed E-state index contributed by atoms with van der Waals surface area (Å²) < 4.78 is 8.80. The van der Waals surface area contributed by atoms with Crippen molar-refractivity contribution in [1.82, 2.24) is 4.37 Å². The number of nitrogens with two attached hydrogens (primary N) is 1. The van der Waals surface area contributed by atoms with E-state index in [1.807, 2.05) is 0 Å². The third kappa shape index (κ3) is 1.39. The second-order valence-corrected chi connectivity index (χ2v) is 3.88. The minimum atomic E-state index is -0.367. The molecule has 0 radical (unpaired) electrons. The van der Waals surface area contributed by atoms with Gasteiger partial charge in [-0.1, -0.05) is 0 Å². The van der Waals surface area contributed by atoms with Crippen molar-refractivity contribution < 1.29 is 9.53 Å². The second-order valence-electron chi connectivity index (χ2n) is 3.07. The van der Waals surface area contributed by atoms with Crippen molar-refractivity contribution in [3.63, 3.8) is 0 Å². The van der Waals surface area contributed by atoms with Gasteiger partial charge in [0.05, 0.1) is 12.8 Å². The third-order valence-electron chi connectivity index (χ3n) is 2.10. The number of nitrogens with zero attached hydrogens (tertiary/aromatic N) is 1. The van der Waals surface area contributed by atoms with Crippen LogP contribution in [0.3, 0.4) is 0 Å². The highest BCUT2D eigenvalue weighted by atomic mass is 32.1. The summed E-state index contributed by atoms with van der Waals surface area (Å²) in [7, 11) is 1.36. The van der Waals surface area contributed by atoms with Gasteiger partial charge in [-0.3, -0.25) is 0 Å². The Bertz CT molecular complexity index is 344. The van der Waals surface area contributed by atoms with Crippen LogP contribution >= 0.6 is 11.5 Å². The van der Waals surface area contributed by atoms with Crippen LogP contribution in [0.1, 0.15) is 34.8 Å². The number of carbonyl (C=O) groups excluding carboxylic acids is 1. The Labute approximate surface area is 79.9 Å². The lowest BCUT2D eigenvalue weighted by molar-refractivity contribution is 0.0601. The van der Waals surface area contributed by atoms with Crippen molar-refractivity contribution in [2.24, 2.45) is 0 Å². The summed E-state index contributed by atoms with van der Waals surface area (Å²) in [5, 5.41) is 0.466. The number of anilines is 1. The molecule has 1 heterocycles. The van der Waals surface area contributed by atoms with Crippen molar-refractivity contribution in [1.29, 1.82) is 0 Å². The first-order chi connectivity index (χ1) is 6.24. The van der Waals surface area contributed by atoms with E-state index in [4.69, 9.17) is 5.73 Å². The summed E-state index contributed by atoms with van der Waals surface area (Å²) in [5.41, 5.74) is 6.95. The van der Waals surface area contributed by atoms with Gasteiger partial charge in [0.1, 0.15) is 10.6 Å². The first-order valence-electron chi connectivity index (χ1n) is 4.07. The topological polar surface area (TPSA) is 65.2 Å². The molecular weight excluding hydrogens is 188 g/mol. The van der Waals surface area contributed by atoms with Crippen molar-refractivity contribution >= 4 is 22.5 Å². The van der Waals surface area contributed by atoms with Gasteiger partial charge in [-0.05, 0) is 24.4 Å². The summed E-state index contributed by atoms with van der Waals surface area (Å²) in [4.78, 5) is 11.3. The van der Waals surface area contributed by atoms with Gasteiger partial charge in [0, 0.05) is 5.92 Å². The number of methoxy groups -OCH3 is 1. The highest BCUT2D eigenvalue weighted by Crippen LogP contribution is 2.43. The van der Waals surface area contributed by atoms with E-state index in [1.54, 1.807) is 0 Å². The van der Waals surface area contributed by atoms with E-state index >= 15 is 0 Å². The zero-order valence-electron chi connectivity index (χ0n) is 7.24. The zero-order valence-corrected chi connectivity index (χ0v) is 8.06. The molecule has 70 valence electrons. The van der Waals surface area contributed by atoms with Gasteiger partial charge in [0.25, 0.3) is 0 Å². The molecule has 13 heavy (non-hydrogen) atoms. The number of hydrogen-bond acceptors (Lipinski definition) is 5. The van der Waals surface area contributed by atoms with E-state index in [-0.39, 0.29) is 5.97 Å². The first kappa shape index (κ1) is 8.50. The SMILES string of the molecule is COC(=O)c1c(C2CC2)nsc1N. The van der Waals surface area contributed by atoms with Crippen LogP contribution in [0, 0.1) is 0 Å². The highest BCUT2D eigenvalue weighted by molar-refractivity contribution is 7.10. The average molecular weight is 198 g/mol. The number of carbonyl (C=O) groups is 1. The van der Waals surface area contributed by atoms with Crippen LogP contribution in [0.15, 0.2) is 0 Å². The van der Waals surface area contributed by atoms with Crippen LogP contribution in [-0.2, 0) is 4.74 Å². The van der Waals surface area contributed by atoms with E-state index in [1.165, 1.54) is 18.6 Å². The molecule has 1 aromatic heterocycles. The van der Waals surface area contributed by atoms with Crippen molar-refractivity contribution in [3.8, 4) is 0 Å². The molecule has 0 aliphatic heterocycles. The average Bonchev–Trinajstić information content (AvgIpc) is 2.89. The molecular formula is C8H10N2O2S. The molecule has 1 aromatic rings. The number of ether oxygens (including phenoxy) is 1. The van der Waals surface area contributed by atoms with Gasteiger partial charge in [0.2, 0.25) is 0 Å². The minimum absolute atomic E-state index is 0.367. The predicted molar refractivity (Wildman–Crippen MR) is 49.8 cm³/mol. The summed E-state index contributed by atoms with van der Waals surface area (Å²) in [6, 6.07) is 0. The summed E-state index contributed by atoms with van der Waals surface area (Å²) in [6.45, 7) is 0. The second kappa shape index (κ2) is 2.99. The molecule has 0 amide bonds. The van der Waals surface area contributed by atoms with Gasteiger partial charge >= 0.3 is 5.97 Å². The Balaban J connectivity index is 2.39. The largest absolute Gasteiger partial charge is 0.465 e. The van der Waals surface area contributed by atoms with Gasteiger partial charge < -0.3 is 10.5 Å². The van der Waals surface area contributed by atoms with Gasteiger partial charge in [-0.25, -0.2) is 4.79 Å². The predicted octanol–water partition coefficient (Wildman–Crippen LogP) is 1.39. The molecule has 0 bridgehead atoms. The van der Waals surface area contributed by atoms with Crippen LogP contribution in [0.25, 0.3) is 0 Å². The molecule has 1 fully saturated rings. The zero-order chi connectivity index (χ0) is 9.42. The maximum atomic E-state index is 11.3. The van der Waals surface area contributed by atoms with Crippen LogP contribution in [0.5, 0.6) is 0 Å². The van der Waals surface area contributed by atoms with Gasteiger partial charge in [-0.2, -0.15) is 4.37 Å². The monoisotopic (exact) mass is 198 g/mol. The highest BCUT2D eigenvalue weighted by Gasteiger charge is 2.32. The lowest BCUT2D eigenvalue weighted by Gasteiger charge is -1.99. The molecule has 1 aliphatic rings. The van der Waals surface area contributed by atoms with E-state index < -0.39 is 0 Å². The number of aromatic nitrogens is 1. The standard InChI is InChI=1S/C8H10N2O2S/c1-12-8(11)5-6(4-2-3-4)10-13-7(5)9/h4H,2-3,9H2,1H3. The third-order valence-corrected chi connectivity index (χ3v) is 2.79. The van der Waals surface area contributed by atoms with Crippen LogP contribution < -0.4 is 5.73 Å². The van der Waals surface area contributed by atoms with Crippen molar-refractivity contribution in [2.45, 2.75) is 18.8 Å². The lowest BCUT2D eigenvalue weighted by atomic mass is 10.2. The number of esters is 1. The van der Waals surface area contributed by atoms with Crippen LogP contribution in [-0.4, -0.2) is 17.5 Å². The minimum Gasteiger partial charge on any atom is -0.465 e. The smallest absolute Gasteiger partial charge is 0.342 e. The molecule has 0 unspecified atom stereocenters. The van der Waals surface area contributed by atoms with Gasteiger partial charge in [-0.15, -0.1) is 0 Å². The summed E-state index contributed by atoms with van der Waals surface area (Å²) in [6.07, 6.45) is 2.21. The molecule has 0 atom stereocenters. The van der Waals surface area contributed by atoms with E-state index in [0.717, 1.165) is 18.5 Å².